The van der Waals surface area contributed by atoms with E-state index in [1.165, 1.54) is 22.6 Å². The van der Waals surface area contributed by atoms with Crippen molar-refractivity contribution in [2.75, 3.05) is 11.9 Å². The zero-order valence-electron chi connectivity index (χ0n) is 16.3. The number of hydrogen-bond acceptors (Lipinski definition) is 4. The van der Waals surface area contributed by atoms with Crippen molar-refractivity contribution < 1.29 is 9.18 Å². The van der Waals surface area contributed by atoms with Gasteiger partial charge in [-0.15, -0.1) is 11.3 Å². The highest BCUT2D eigenvalue weighted by atomic mass is 32.1. The van der Waals surface area contributed by atoms with Gasteiger partial charge in [-0.25, -0.2) is 4.39 Å². The Morgan fingerprint density at radius 2 is 2.07 bits per heavy atom. The van der Waals surface area contributed by atoms with Gasteiger partial charge in [-0.1, -0.05) is 6.07 Å². The van der Waals surface area contributed by atoms with Crippen LogP contribution in [-0.2, 0) is 4.79 Å². The van der Waals surface area contributed by atoms with Crippen molar-refractivity contribution in [3.8, 4) is 0 Å². The molecule has 8 heteroatoms. The van der Waals surface area contributed by atoms with Gasteiger partial charge >= 0.3 is 0 Å². The van der Waals surface area contributed by atoms with Crippen molar-refractivity contribution in [3.05, 3.63) is 82.1 Å². The minimum Gasteiger partial charge on any atom is -0.352 e. The Labute approximate surface area is 183 Å². The number of aromatic nitrogens is 1. The number of aryl methyl sites for hydroxylation is 1. The minimum absolute atomic E-state index is 0.0361. The first-order valence-corrected chi connectivity index (χ1v) is 10.9. The number of hydrogen-bond donors (Lipinski definition) is 2. The number of carbonyl (C=O) groups is 1. The zero-order valence-corrected chi connectivity index (χ0v) is 18.0. The van der Waals surface area contributed by atoms with E-state index in [4.69, 9.17) is 12.2 Å². The third kappa shape index (κ3) is 4.34. The lowest BCUT2D eigenvalue weighted by atomic mass is 10.0. The molecule has 2 atom stereocenters. The molecule has 0 aliphatic carbocycles. The van der Waals surface area contributed by atoms with Gasteiger partial charge in [-0.2, -0.15) is 0 Å². The fourth-order valence-corrected chi connectivity index (χ4v) is 5.00. The highest BCUT2D eigenvalue weighted by molar-refractivity contribution is 7.80. The Balaban J connectivity index is 1.52. The summed E-state index contributed by atoms with van der Waals surface area (Å²) >= 11 is 7.31. The number of carbonyl (C=O) groups excluding carboxylic acids is 1. The summed E-state index contributed by atoms with van der Waals surface area (Å²) in [5, 5.41) is 8.88. The SMILES string of the molecule is Cc1ccsc1[C@@H]1[C@H](c2ccccn2)NC(=S)N1CCC(=O)Nc1ccc(F)cc1. The van der Waals surface area contributed by atoms with E-state index in [-0.39, 0.29) is 30.2 Å². The van der Waals surface area contributed by atoms with Crippen molar-refractivity contribution >= 4 is 40.3 Å². The zero-order chi connectivity index (χ0) is 21.1. The molecule has 1 aliphatic heterocycles. The largest absolute Gasteiger partial charge is 0.352 e. The molecule has 3 aromatic rings. The van der Waals surface area contributed by atoms with E-state index in [2.05, 4.69) is 38.9 Å². The van der Waals surface area contributed by atoms with Crippen LogP contribution in [0.4, 0.5) is 10.1 Å². The first kappa shape index (κ1) is 20.4. The van der Waals surface area contributed by atoms with Crippen LogP contribution < -0.4 is 10.6 Å². The van der Waals surface area contributed by atoms with Crippen LogP contribution >= 0.6 is 23.6 Å². The highest BCUT2D eigenvalue weighted by Crippen LogP contribution is 2.41. The predicted octanol–water partition coefficient (Wildman–Crippen LogP) is 4.59. The van der Waals surface area contributed by atoms with Crippen LogP contribution in [0.1, 0.15) is 34.6 Å². The van der Waals surface area contributed by atoms with Crippen molar-refractivity contribution in [3.63, 3.8) is 0 Å². The lowest BCUT2D eigenvalue weighted by Gasteiger charge is -2.27. The molecule has 3 heterocycles. The summed E-state index contributed by atoms with van der Waals surface area (Å²) in [6, 6.07) is 13.5. The Bertz CT molecular complexity index is 1040. The molecule has 5 nitrogen and oxygen atoms in total. The van der Waals surface area contributed by atoms with Crippen LogP contribution in [-0.4, -0.2) is 27.4 Å². The molecule has 154 valence electrons. The van der Waals surface area contributed by atoms with Gasteiger partial charge in [0.05, 0.1) is 17.8 Å². The number of nitrogens with one attached hydrogen (secondary N) is 2. The molecule has 30 heavy (non-hydrogen) atoms. The molecule has 1 fully saturated rings. The highest BCUT2D eigenvalue weighted by Gasteiger charge is 2.40. The lowest BCUT2D eigenvalue weighted by Crippen LogP contribution is -2.32. The number of anilines is 1. The standard InChI is InChI=1S/C22H21FN4OS2/c1-14-10-13-30-21(14)20-19(17-4-2-3-11-24-17)26-22(29)27(20)12-9-18(28)25-16-7-5-15(23)6-8-16/h2-8,10-11,13,19-20H,9,12H2,1H3,(H,25,28)(H,26,29)/t19-,20-/m0/s1. The molecule has 2 aromatic heterocycles. The molecule has 0 bridgehead atoms. The summed E-state index contributed by atoms with van der Waals surface area (Å²) < 4.78 is 13.1. The van der Waals surface area contributed by atoms with Gasteiger partial charge in [0.15, 0.2) is 5.11 Å². The number of benzene rings is 1. The van der Waals surface area contributed by atoms with Gasteiger partial charge in [0.1, 0.15) is 5.82 Å². The van der Waals surface area contributed by atoms with Gasteiger partial charge in [0.25, 0.3) is 0 Å². The topological polar surface area (TPSA) is 57.3 Å². The van der Waals surface area contributed by atoms with Crippen LogP contribution in [0.3, 0.4) is 0 Å². The first-order chi connectivity index (χ1) is 14.5. The average molecular weight is 441 g/mol. The number of thiocarbonyl (C=S) groups is 1. The Morgan fingerprint density at radius 3 is 2.73 bits per heavy atom. The fraction of sp³-hybridized carbons (Fsp3) is 0.227. The van der Waals surface area contributed by atoms with Crippen LogP contribution in [0, 0.1) is 12.7 Å². The number of nitrogens with zero attached hydrogens (tertiary/aromatic N) is 2. The summed E-state index contributed by atoms with van der Waals surface area (Å²) in [4.78, 5) is 20.3. The average Bonchev–Trinajstić information content (AvgIpc) is 3.31. The van der Waals surface area contributed by atoms with E-state index >= 15 is 0 Å². The molecule has 2 N–H and O–H groups in total. The molecule has 1 amide bonds. The van der Waals surface area contributed by atoms with E-state index in [1.807, 2.05) is 18.2 Å². The van der Waals surface area contributed by atoms with E-state index in [0.29, 0.717) is 17.3 Å². The maximum absolute atomic E-state index is 13.1. The molecule has 1 aliphatic rings. The predicted molar refractivity (Wildman–Crippen MR) is 121 cm³/mol. The maximum atomic E-state index is 13.1. The van der Waals surface area contributed by atoms with Crippen molar-refractivity contribution in [1.82, 2.24) is 15.2 Å². The van der Waals surface area contributed by atoms with Gasteiger partial charge in [-0.3, -0.25) is 9.78 Å². The first-order valence-electron chi connectivity index (χ1n) is 9.60. The summed E-state index contributed by atoms with van der Waals surface area (Å²) in [5.41, 5.74) is 2.68. The molecular weight excluding hydrogens is 419 g/mol. The molecule has 0 saturated carbocycles. The number of thiophene rings is 1. The monoisotopic (exact) mass is 440 g/mol. The number of pyridine rings is 1. The van der Waals surface area contributed by atoms with Crippen molar-refractivity contribution in [2.24, 2.45) is 0 Å². The second kappa shape index (κ2) is 8.89. The van der Waals surface area contributed by atoms with Crippen molar-refractivity contribution in [2.45, 2.75) is 25.4 Å². The minimum atomic E-state index is -0.337. The van der Waals surface area contributed by atoms with Crippen LogP contribution in [0.2, 0.25) is 0 Å². The van der Waals surface area contributed by atoms with Gasteiger partial charge in [0.2, 0.25) is 5.91 Å². The van der Waals surface area contributed by atoms with Gasteiger partial charge in [-0.05, 0) is 72.5 Å². The molecule has 0 unspecified atom stereocenters. The van der Waals surface area contributed by atoms with Crippen molar-refractivity contribution in [1.29, 1.82) is 0 Å². The smallest absolute Gasteiger partial charge is 0.226 e. The van der Waals surface area contributed by atoms with E-state index in [9.17, 15) is 9.18 Å². The van der Waals surface area contributed by atoms with E-state index < -0.39 is 0 Å². The molecule has 1 aromatic carbocycles. The summed E-state index contributed by atoms with van der Waals surface area (Å²) in [6.07, 6.45) is 2.03. The lowest BCUT2D eigenvalue weighted by molar-refractivity contribution is -0.116. The summed E-state index contributed by atoms with van der Waals surface area (Å²) in [6.45, 7) is 2.55. The molecular formula is C22H21FN4OS2. The Hall–Kier alpha value is -2.84. The van der Waals surface area contributed by atoms with Gasteiger partial charge in [0, 0.05) is 29.7 Å². The fourth-order valence-electron chi connectivity index (χ4n) is 3.60. The second-order valence-corrected chi connectivity index (χ2v) is 8.43. The summed E-state index contributed by atoms with van der Waals surface area (Å²) in [5.74, 6) is -0.483. The summed E-state index contributed by atoms with van der Waals surface area (Å²) in [7, 11) is 0. The van der Waals surface area contributed by atoms with Crippen LogP contribution in [0.15, 0.2) is 60.1 Å². The Kier molecular flexibility index (Phi) is 6.06. The molecule has 4 rings (SSSR count). The van der Waals surface area contributed by atoms with Crippen LogP contribution in [0.5, 0.6) is 0 Å². The molecule has 0 spiro atoms. The van der Waals surface area contributed by atoms with E-state index in [1.54, 1.807) is 29.7 Å². The van der Waals surface area contributed by atoms with E-state index in [0.717, 1.165) is 5.69 Å². The normalized spacial score (nSPS) is 18.3. The number of rotatable bonds is 6. The molecule has 0 radical (unpaired) electrons. The molecule has 1 saturated heterocycles. The quantitative estimate of drug-likeness (QED) is 0.549. The second-order valence-electron chi connectivity index (χ2n) is 7.09. The number of halogens is 1. The van der Waals surface area contributed by atoms with Crippen LogP contribution in [0.25, 0.3) is 0 Å². The third-order valence-corrected chi connectivity index (χ3v) is 6.52. The van der Waals surface area contributed by atoms with Gasteiger partial charge < -0.3 is 15.5 Å². The number of amides is 1. The Morgan fingerprint density at radius 1 is 1.27 bits per heavy atom. The maximum Gasteiger partial charge on any atom is 0.226 e. The third-order valence-electron chi connectivity index (χ3n) is 5.08.